The summed E-state index contributed by atoms with van der Waals surface area (Å²) in [4.78, 5) is 14.3. The Kier molecular flexibility index (Phi) is 4.47. The van der Waals surface area contributed by atoms with E-state index in [0.717, 1.165) is 23.1 Å². The monoisotopic (exact) mass is 345 g/mol. The summed E-state index contributed by atoms with van der Waals surface area (Å²) in [5.41, 5.74) is 2.88. The summed E-state index contributed by atoms with van der Waals surface area (Å²) < 4.78 is 0. The molecule has 1 heterocycles. The van der Waals surface area contributed by atoms with Crippen molar-refractivity contribution in [3.63, 3.8) is 0 Å². The molecule has 2 nitrogen and oxygen atoms in total. The molecule has 0 bridgehead atoms. The first-order valence-electron chi connectivity index (χ1n) is 7.46. The van der Waals surface area contributed by atoms with Gasteiger partial charge in [-0.1, -0.05) is 53.5 Å². The molecular formula is C19H17Cl2NO. The minimum atomic E-state index is -0.0334. The second-order valence-electron chi connectivity index (χ2n) is 5.75. The van der Waals surface area contributed by atoms with Crippen molar-refractivity contribution in [3.05, 3.63) is 81.9 Å². The molecule has 0 saturated carbocycles. The van der Waals surface area contributed by atoms with E-state index in [0.29, 0.717) is 10.0 Å². The van der Waals surface area contributed by atoms with Gasteiger partial charge in [-0.15, -0.1) is 6.58 Å². The topological polar surface area (TPSA) is 20.3 Å². The smallest absolute Gasteiger partial charge is 0.254 e. The van der Waals surface area contributed by atoms with E-state index in [2.05, 4.69) is 6.58 Å². The maximum atomic E-state index is 12.5. The molecule has 0 aliphatic carbocycles. The Hall–Kier alpha value is -1.77. The molecule has 0 unspecified atom stereocenters. The third-order valence-electron chi connectivity index (χ3n) is 4.42. The number of carbonyl (C=O) groups is 1. The van der Waals surface area contributed by atoms with Crippen LogP contribution in [0, 0.1) is 0 Å². The molecule has 1 aliphatic rings. The average molecular weight is 346 g/mol. The molecule has 23 heavy (non-hydrogen) atoms. The van der Waals surface area contributed by atoms with Crippen LogP contribution in [0.5, 0.6) is 0 Å². The predicted molar refractivity (Wildman–Crippen MR) is 95.3 cm³/mol. The SMILES string of the molecule is C=CC[C@@H](c1ccc(Cl)c(Cl)c1)[C@@H]1c2ccccc2C(=O)N1C. The lowest BCUT2D eigenvalue weighted by Gasteiger charge is -2.30. The molecule has 118 valence electrons. The summed E-state index contributed by atoms with van der Waals surface area (Å²) in [5.74, 6) is 0.139. The highest BCUT2D eigenvalue weighted by molar-refractivity contribution is 6.42. The van der Waals surface area contributed by atoms with Gasteiger partial charge >= 0.3 is 0 Å². The number of likely N-dealkylation sites (N-methyl/N-ethyl adjacent to an activating group) is 1. The van der Waals surface area contributed by atoms with Crippen LogP contribution in [0.3, 0.4) is 0 Å². The molecule has 2 atom stereocenters. The summed E-state index contributed by atoms with van der Waals surface area (Å²) >= 11 is 12.2. The van der Waals surface area contributed by atoms with Gasteiger partial charge in [0.1, 0.15) is 0 Å². The average Bonchev–Trinajstić information content (AvgIpc) is 2.80. The number of fused-ring (bicyclic) bond motifs is 1. The van der Waals surface area contributed by atoms with E-state index in [-0.39, 0.29) is 17.9 Å². The minimum Gasteiger partial charge on any atom is -0.334 e. The standard InChI is InChI=1S/C19H17Cl2NO/c1-3-6-13(12-9-10-16(20)17(21)11-12)18-14-7-4-5-8-15(14)19(23)22(18)2/h3-5,7-11,13,18H,1,6H2,2H3/t13-,18+/m0/s1. The fourth-order valence-electron chi connectivity index (χ4n) is 3.33. The van der Waals surface area contributed by atoms with E-state index in [1.54, 1.807) is 11.0 Å². The van der Waals surface area contributed by atoms with Crippen LogP contribution < -0.4 is 0 Å². The number of nitrogens with zero attached hydrogens (tertiary/aromatic N) is 1. The van der Waals surface area contributed by atoms with Crippen molar-refractivity contribution in [1.29, 1.82) is 0 Å². The van der Waals surface area contributed by atoms with Crippen LogP contribution in [0.15, 0.2) is 55.1 Å². The summed E-state index contributed by atoms with van der Waals surface area (Å²) in [7, 11) is 1.85. The minimum absolute atomic E-state index is 0.0334. The van der Waals surface area contributed by atoms with Crippen molar-refractivity contribution < 1.29 is 4.79 Å². The third-order valence-corrected chi connectivity index (χ3v) is 5.16. The van der Waals surface area contributed by atoms with E-state index in [4.69, 9.17) is 23.2 Å². The Morgan fingerprint density at radius 1 is 1.22 bits per heavy atom. The van der Waals surface area contributed by atoms with Gasteiger partial charge in [-0.25, -0.2) is 0 Å². The lowest BCUT2D eigenvalue weighted by Crippen LogP contribution is -2.27. The highest BCUT2D eigenvalue weighted by atomic mass is 35.5. The fourth-order valence-corrected chi connectivity index (χ4v) is 3.64. The molecular weight excluding hydrogens is 329 g/mol. The van der Waals surface area contributed by atoms with Gasteiger partial charge in [0, 0.05) is 18.5 Å². The number of benzene rings is 2. The quantitative estimate of drug-likeness (QED) is 0.671. The van der Waals surface area contributed by atoms with Crippen LogP contribution in [0.25, 0.3) is 0 Å². The zero-order chi connectivity index (χ0) is 16.6. The molecule has 0 fully saturated rings. The van der Waals surface area contributed by atoms with Gasteiger partial charge < -0.3 is 4.90 Å². The second-order valence-corrected chi connectivity index (χ2v) is 6.57. The van der Waals surface area contributed by atoms with Crippen LogP contribution in [0.1, 0.15) is 39.9 Å². The fraction of sp³-hybridized carbons (Fsp3) is 0.211. The van der Waals surface area contributed by atoms with Crippen LogP contribution in [0.2, 0.25) is 10.0 Å². The van der Waals surface area contributed by atoms with Crippen LogP contribution in [0.4, 0.5) is 0 Å². The first-order chi connectivity index (χ1) is 11.0. The van der Waals surface area contributed by atoms with Gasteiger partial charge in [0.25, 0.3) is 5.91 Å². The zero-order valence-corrected chi connectivity index (χ0v) is 14.3. The Bertz CT molecular complexity index is 772. The van der Waals surface area contributed by atoms with Crippen LogP contribution >= 0.6 is 23.2 Å². The molecule has 4 heteroatoms. The Morgan fingerprint density at radius 3 is 2.65 bits per heavy atom. The molecule has 0 aromatic heterocycles. The van der Waals surface area contributed by atoms with E-state index in [1.807, 2.05) is 49.5 Å². The highest BCUT2D eigenvalue weighted by Crippen LogP contribution is 2.44. The van der Waals surface area contributed by atoms with Gasteiger partial charge in [0.05, 0.1) is 16.1 Å². The third kappa shape index (κ3) is 2.77. The van der Waals surface area contributed by atoms with Crippen molar-refractivity contribution in [2.24, 2.45) is 0 Å². The number of carbonyl (C=O) groups excluding carboxylic acids is 1. The Morgan fingerprint density at radius 2 is 1.96 bits per heavy atom. The maximum Gasteiger partial charge on any atom is 0.254 e. The predicted octanol–water partition coefficient (Wildman–Crippen LogP) is 5.48. The molecule has 0 saturated heterocycles. The van der Waals surface area contributed by atoms with Crippen molar-refractivity contribution in [3.8, 4) is 0 Å². The van der Waals surface area contributed by atoms with Crippen molar-refractivity contribution in [2.45, 2.75) is 18.4 Å². The molecule has 0 spiro atoms. The maximum absolute atomic E-state index is 12.5. The van der Waals surface area contributed by atoms with Crippen molar-refractivity contribution >= 4 is 29.1 Å². The molecule has 2 aromatic carbocycles. The first kappa shape index (κ1) is 16.1. The number of hydrogen-bond donors (Lipinski definition) is 0. The summed E-state index contributed by atoms with van der Waals surface area (Å²) in [6.07, 6.45) is 2.63. The molecule has 0 radical (unpaired) electrons. The molecule has 3 rings (SSSR count). The van der Waals surface area contributed by atoms with Crippen molar-refractivity contribution in [1.82, 2.24) is 4.90 Å². The second kappa shape index (κ2) is 6.38. The normalized spacial score (nSPS) is 18.0. The van der Waals surface area contributed by atoms with Gasteiger partial charge in [-0.3, -0.25) is 4.79 Å². The lowest BCUT2D eigenvalue weighted by atomic mass is 9.84. The largest absolute Gasteiger partial charge is 0.334 e. The number of allylic oxidation sites excluding steroid dienone is 1. The summed E-state index contributed by atoms with van der Waals surface area (Å²) in [6, 6.07) is 13.4. The van der Waals surface area contributed by atoms with E-state index >= 15 is 0 Å². The van der Waals surface area contributed by atoms with E-state index < -0.39 is 0 Å². The molecule has 0 N–H and O–H groups in total. The molecule has 1 amide bonds. The lowest BCUT2D eigenvalue weighted by molar-refractivity contribution is 0.0755. The van der Waals surface area contributed by atoms with Gasteiger partial charge in [0.15, 0.2) is 0 Å². The Labute approximate surface area is 146 Å². The number of halogens is 2. The van der Waals surface area contributed by atoms with E-state index in [1.165, 1.54) is 0 Å². The zero-order valence-electron chi connectivity index (χ0n) is 12.8. The first-order valence-corrected chi connectivity index (χ1v) is 8.22. The van der Waals surface area contributed by atoms with Gasteiger partial charge in [0.2, 0.25) is 0 Å². The molecule has 2 aromatic rings. The number of hydrogen-bond acceptors (Lipinski definition) is 1. The molecule has 1 aliphatic heterocycles. The van der Waals surface area contributed by atoms with Gasteiger partial charge in [-0.2, -0.15) is 0 Å². The summed E-state index contributed by atoms with van der Waals surface area (Å²) in [6.45, 7) is 3.87. The van der Waals surface area contributed by atoms with Crippen LogP contribution in [-0.2, 0) is 0 Å². The van der Waals surface area contributed by atoms with E-state index in [9.17, 15) is 4.79 Å². The number of rotatable bonds is 4. The number of amides is 1. The Balaban J connectivity index is 2.09. The highest BCUT2D eigenvalue weighted by Gasteiger charge is 2.38. The van der Waals surface area contributed by atoms with Gasteiger partial charge in [-0.05, 0) is 35.7 Å². The summed E-state index contributed by atoms with van der Waals surface area (Å²) in [5, 5.41) is 1.06. The van der Waals surface area contributed by atoms with Crippen molar-refractivity contribution in [2.75, 3.05) is 7.05 Å². The van der Waals surface area contributed by atoms with Crippen LogP contribution in [-0.4, -0.2) is 17.9 Å².